The molecule has 3 aromatic carbocycles. The van der Waals surface area contributed by atoms with E-state index in [9.17, 15) is 9.59 Å². The molecule has 0 saturated carbocycles. The summed E-state index contributed by atoms with van der Waals surface area (Å²) in [4.78, 5) is 29.4. The second kappa shape index (κ2) is 8.70. The van der Waals surface area contributed by atoms with Crippen LogP contribution in [0.3, 0.4) is 0 Å². The average Bonchev–Trinajstić information content (AvgIpc) is 3.17. The second-order valence-electron chi connectivity index (χ2n) is 7.72. The third kappa shape index (κ3) is 4.64. The van der Waals surface area contributed by atoms with Gasteiger partial charge in [0.25, 0.3) is 0 Å². The van der Waals surface area contributed by atoms with Crippen molar-refractivity contribution in [3.8, 4) is 10.6 Å². The molecule has 1 aromatic heterocycles. The van der Waals surface area contributed by atoms with E-state index in [0.717, 1.165) is 26.4 Å². The molecule has 4 aromatic rings. The van der Waals surface area contributed by atoms with Crippen molar-refractivity contribution in [1.29, 1.82) is 0 Å². The van der Waals surface area contributed by atoms with E-state index in [1.165, 1.54) is 5.56 Å². The van der Waals surface area contributed by atoms with Crippen molar-refractivity contribution >= 4 is 44.7 Å². The number of nitrogens with zero attached hydrogens (tertiary/aromatic N) is 1. The van der Waals surface area contributed by atoms with Crippen LogP contribution < -0.4 is 10.6 Å². The molecule has 6 heteroatoms. The standard InChI is InChI=1S/C25H23N3O2S/c1-15(2)19-6-4-5-7-20(19)27-24(30)23(29)26-18-11-9-17(10-12-18)25-28-21-13-8-16(3)14-22(21)31-25/h4-15H,1-3H3,(H,26,29)(H,27,30). The zero-order valence-electron chi connectivity index (χ0n) is 17.6. The fraction of sp³-hybridized carbons (Fsp3) is 0.160. The first-order valence-corrected chi connectivity index (χ1v) is 10.9. The first kappa shape index (κ1) is 20.8. The summed E-state index contributed by atoms with van der Waals surface area (Å²) in [5.41, 5.74) is 5.33. The Bertz CT molecular complexity index is 1260. The number of aromatic nitrogens is 1. The van der Waals surface area contributed by atoms with E-state index in [-0.39, 0.29) is 5.92 Å². The van der Waals surface area contributed by atoms with Crippen molar-refractivity contribution in [1.82, 2.24) is 4.98 Å². The summed E-state index contributed by atoms with van der Waals surface area (Å²) in [7, 11) is 0. The van der Waals surface area contributed by atoms with Gasteiger partial charge in [-0.15, -0.1) is 11.3 Å². The minimum atomic E-state index is -0.707. The molecule has 0 bridgehead atoms. The van der Waals surface area contributed by atoms with Crippen LogP contribution in [0.2, 0.25) is 0 Å². The van der Waals surface area contributed by atoms with Gasteiger partial charge in [-0.25, -0.2) is 4.98 Å². The number of benzene rings is 3. The number of rotatable bonds is 4. The topological polar surface area (TPSA) is 71.1 Å². The third-order valence-corrected chi connectivity index (χ3v) is 6.04. The SMILES string of the molecule is Cc1ccc2nc(-c3ccc(NC(=O)C(=O)Nc4ccccc4C(C)C)cc3)sc2c1. The number of hydrogen-bond acceptors (Lipinski definition) is 4. The number of para-hydroxylation sites is 1. The minimum Gasteiger partial charge on any atom is -0.318 e. The Kier molecular flexibility index (Phi) is 5.82. The fourth-order valence-electron chi connectivity index (χ4n) is 3.33. The Balaban J connectivity index is 1.44. The molecule has 4 rings (SSSR count). The van der Waals surface area contributed by atoms with E-state index in [0.29, 0.717) is 11.4 Å². The molecule has 2 N–H and O–H groups in total. The highest BCUT2D eigenvalue weighted by molar-refractivity contribution is 7.21. The van der Waals surface area contributed by atoms with Gasteiger partial charge in [-0.1, -0.05) is 38.1 Å². The summed E-state index contributed by atoms with van der Waals surface area (Å²) in [5, 5.41) is 6.28. The van der Waals surface area contributed by atoms with Crippen LogP contribution in [0, 0.1) is 6.92 Å². The number of carbonyl (C=O) groups excluding carboxylic acids is 2. The van der Waals surface area contributed by atoms with Crippen LogP contribution in [-0.2, 0) is 9.59 Å². The zero-order chi connectivity index (χ0) is 22.0. The van der Waals surface area contributed by atoms with Crippen LogP contribution >= 0.6 is 11.3 Å². The molecular formula is C25H23N3O2S. The van der Waals surface area contributed by atoms with E-state index >= 15 is 0 Å². The summed E-state index contributed by atoms with van der Waals surface area (Å²) in [6.45, 7) is 6.15. The van der Waals surface area contributed by atoms with Crippen molar-refractivity contribution in [2.24, 2.45) is 0 Å². The Hall–Kier alpha value is -3.51. The third-order valence-electron chi connectivity index (χ3n) is 4.97. The number of nitrogens with one attached hydrogen (secondary N) is 2. The van der Waals surface area contributed by atoms with Crippen LogP contribution in [0.5, 0.6) is 0 Å². The van der Waals surface area contributed by atoms with Gasteiger partial charge in [0.1, 0.15) is 5.01 Å². The Labute approximate surface area is 185 Å². The predicted molar refractivity (Wildman–Crippen MR) is 128 cm³/mol. The average molecular weight is 430 g/mol. The van der Waals surface area contributed by atoms with E-state index in [4.69, 9.17) is 0 Å². The van der Waals surface area contributed by atoms with Gasteiger partial charge in [0.05, 0.1) is 10.2 Å². The highest BCUT2D eigenvalue weighted by atomic mass is 32.1. The smallest absolute Gasteiger partial charge is 0.314 e. The molecule has 2 amide bonds. The maximum Gasteiger partial charge on any atom is 0.314 e. The largest absolute Gasteiger partial charge is 0.318 e. The van der Waals surface area contributed by atoms with E-state index in [1.54, 1.807) is 29.5 Å². The molecular weight excluding hydrogens is 406 g/mol. The molecule has 0 unspecified atom stereocenters. The van der Waals surface area contributed by atoms with Gasteiger partial charge >= 0.3 is 11.8 Å². The van der Waals surface area contributed by atoms with Gasteiger partial charge in [-0.05, 0) is 66.4 Å². The predicted octanol–water partition coefficient (Wildman–Crippen LogP) is 5.97. The van der Waals surface area contributed by atoms with Gasteiger partial charge in [-0.2, -0.15) is 0 Å². The number of thiazole rings is 1. The van der Waals surface area contributed by atoms with Crippen LogP contribution in [0.15, 0.2) is 66.7 Å². The van der Waals surface area contributed by atoms with Crippen LogP contribution in [0.1, 0.15) is 30.9 Å². The second-order valence-corrected chi connectivity index (χ2v) is 8.75. The zero-order valence-corrected chi connectivity index (χ0v) is 18.4. The van der Waals surface area contributed by atoms with Gasteiger partial charge in [0.2, 0.25) is 0 Å². The molecule has 1 heterocycles. The summed E-state index contributed by atoms with van der Waals surface area (Å²) in [6, 6.07) is 21.0. The van der Waals surface area contributed by atoms with Crippen molar-refractivity contribution in [2.45, 2.75) is 26.7 Å². The Morgan fingerprint density at radius 1 is 0.903 bits per heavy atom. The van der Waals surface area contributed by atoms with Crippen molar-refractivity contribution in [2.75, 3.05) is 10.6 Å². The summed E-state index contributed by atoms with van der Waals surface area (Å²) >= 11 is 1.63. The highest BCUT2D eigenvalue weighted by Crippen LogP contribution is 2.31. The van der Waals surface area contributed by atoms with Gasteiger partial charge in [0.15, 0.2) is 0 Å². The first-order chi connectivity index (χ1) is 14.9. The van der Waals surface area contributed by atoms with E-state index < -0.39 is 11.8 Å². The summed E-state index contributed by atoms with van der Waals surface area (Å²) < 4.78 is 1.14. The molecule has 5 nitrogen and oxygen atoms in total. The Morgan fingerprint density at radius 3 is 2.35 bits per heavy atom. The summed E-state index contributed by atoms with van der Waals surface area (Å²) in [5.74, 6) is -1.17. The van der Waals surface area contributed by atoms with Crippen molar-refractivity contribution in [3.05, 3.63) is 77.9 Å². The number of fused-ring (bicyclic) bond motifs is 1. The molecule has 0 atom stereocenters. The molecule has 0 radical (unpaired) electrons. The molecule has 156 valence electrons. The lowest BCUT2D eigenvalue weighted by molar-refractivity contribution is -0.133. The van der Waals surface area contributed by atoms with Crippen molar-refractivity contribution in [3.63, 3.8) is 0 Å². The number of anilines is 2. The van der Waals surface area contributed by atoms with Gasteiger partial charge in [0, 0.05) is 16.9 Å². The number of carbonyl (C=O) groups is 2. The van der Waals surface area contributed by atoms with E-state index in [1.807, 2.05) is 50.2 Å². The fourth-order valence-corrected chi connectivity index (χ4v) is 4.40. The van der Waals surface area contributed by atoms with Gasteiger partial charge < -0.3 is 10.6 Å². The lowest BCUT2D eigenvalue weighted by Crippen LogP contribution is -2.29. The van der Waals surface area contributed by atoms with Crippen LogP contribution in [0.25, 0.3) is 20.8 Å². The maximum absolute atomic E-state index is 12.4. The van der Waals surface area contributed by atoms with E-state index in [2.05, 4.69) is 34.7 Å². The highest BCUT2D eigenvalue weighted by Gasteiger charge is 2.16. The van der Waals surface area contributed by atoms with Crippen molar-refractivity contribution < 1.29 is 9.59 Å². The molecule has 0 aliphatic carbocycles. The number of hydrogen-bond donors (Lipinski definition) is 2. The van der Waals surface area contributed by atoms with Crippen LogP contribution in [-0.4, -0.2) is 16.8 Å². The molecule has 31 heavy (non-hydrogen) atoms. The normalized spacial score (nSPS) is 11.0. The monoisotopic (exact) mass is 429 g/mol. The lowest BCUT2D eigenvalue weighted by atomic mass is 10.0. The number of aryl methyl sites for hydroxylation is 1. The van der Waals surface area contributed by atoms with Gasteiger partial charge in [-0.3, -0.25) is 9.59 Å². The molecule has 0 aliphatic rings. The number of amides is 2. The molecule has 0 fully saturated rings. The quantitative estimate of drug-likeness (QED) is 0.393. The molecule has 0 aliphatic heterocycles. The minimum absolute atomic E-state index is 0.235. The van der Waals surface area contributed by atoms with Crippen LogP contribution in [0.4, 0.5) is 11.4 Å². The first-order valence-electron chi connectivity index (χ1n) is 10.1. The Morgan fingerprint density at radius 2 is 1.61 bits per heavy atom. The molecule has 0 spiro atoms. The molecule has 0 saturated heterocycles. The maximum atomic E-state index is 12.4. The lowest BCUT2D eigenvalue weighted by Gasteiger charge is -2.13. The summed E-state index contributed by atoms with van der Waals surface area (Å²) in [6.07, 6.45) is 0.